The number of nitrogens with zero attached hydrogens (tertiary/aromatic N) is 4. The quantitative estimate of drug-likeness (QED) is 0.631. The highest BCUT2D eigenvalue weighted by atomic mass is 32.2. The number of carbonyl (C=O) groups excluding carboxylic acids is 1. The lowest BCUT2D eigenvalue weighted by atomic mass is 10.1. The average molecular weight is 408 g/mol. The molecule has 0 spiro atoms. The van der Waals surface area contributed by atoms with Crippen LogP contribution in [0.3, 0.4) is 0 Å². The van der Waals surface area contributed by atoms with Crippen LogP contribution in [-0.4, -0.2) is 72.7 Å². The van der Waals surface area contributed by atoms with Gasteiger partial charge < -0.3 is 14.2 Å². The largest absolute Gasteiger partial charge is 0.497 e. The first-order chi connectivity index (χ1) is 13.3. The summed E-state index contributed by atoms with van der Waals surface area (Å²) in [6.07, 6.45) is 1.81. The number of carbonyl (C=O) groups is 1. The molecule has 10 heteroatoms. The van der Waals surface area contributed by atoms with Crippen LogP contribution in [0.2, 0.25) is 0 Å². The topological polar surface area (TPSA) is 106 Å². The molecule has 0 saturated carbocycles. The van der Waals surface area contributed by atoms with Crippen molar-refractivity contribution in [1.29, 1.82) is 0 Å². The van der Waals surface area contributed by atoms with Crippen LogP contribution in [0.25, 0.3) is 0 Å². The van der Waals surface area contributed by atoms with Crippen LogP contribution < -0.4 is 4.74 Å². The van der Waals surface area contributed by atoms with Gasteiger partial charge in [0, 0.05) is 33.0 Å². The second-order valence-electron chi connectivity index (χ2n) is 6.83. The molecule has 0 N–H and O–H groups in total. The van der Waals surface area contributed by atoms with E-state index in [-0.39, 0.29) is 24.9 Å². The third-order valence-corrected chi connectivity index (χ3v) is 6.02. The van der Waals surface area contributed by atoms with Crippen LogP contribution in [0, 0.1) is 6.92 Å². The Morgan fingerprint density at radius 3 is 2.54 bits per heavy atom. The van der Waals surface area contributed by atoms with Gasteiger partial charge in [0.05, 0.1) is 25.8 Å². The van der Waals surface area contributed by atoms with Gasteiger partial charge in [-0.25, -0.2) is 8.42 Å². The van der Waals surface area contributed by atoms with Gasteiger partial charge in [0.25, 0.3) is 0 Å². The molecule has 28 heavy (non-hydrogen) atoms. The number of methoxy groups -OCH3 is 1. The fourth-order valence-corrected chi connectivity index (χ4v) is 4.24. The first-order valence-electron chi connectivity index (χ1n) is 8.93. The fraction of sp³-hybridized carbons (Fsp3) is 0.500. The van der Waals surface area contributed by atoms with Gasteiger partial charge in [-0.1, -0.05) is 17.3 Å². The molecule has 1 aliphatic rings. The molecule has 2 heterocycles. The molecular weight excluding hydrogens is 384 g/mol. The minimum absolute atomic E-state index is 0.0244. The molecule has 1 amide bonds. The lowest BCUT2D eigenvalue weighted by Gasteiger charge is -2.44. The van der Waals surface area contributed by atoms with Gasteiger partial charge in [0.2, 0.25) is 21.8 Å². The van der Waals surface area contributed by atoms with Crippen LogP contribution >= 0.6 is 0 Å². The normalized spacial score (nSPS) is 14.9. The second kappa shape index (κ2) is 8.27. The van der Waals surface area contributed by atoms with Crippen LogP contribution in [0.15, 0.2) is 28.8 Å². The minimum atomic E-state index is -3.41. The van der Waals surface area contributed by atoms with E-state index in [9.17, 15) is 13.2 Å². The van der Waals surface area contributed by atoms with E-state index in [4.69, 9.17) is 9.26 Å². The van der Waals surface area contributed by atoms with Gasteiger partial charge in [0.1, 0.15) is 5.75 Å². The van der Waals surface area contributed by atoms with Crippen molar-refractivity contribution in [3.63, 3.8) is 0 Å². The van der Waals surface area contributed by atoms with Gasteiger partial charge >= 0.3 is 0 Å². The van der Waals surface area contributed by atoms with Crippen molar-refractivity contribution < 1.29 is 22.5 Å². The summed E-state index contributed by atoms with van der Waals surface area (Å²) in [5.74, 6) is 1.63. The maximum atomic E-state index is 12.4. The maximum Gasteiger partial charge on any atom is 0.227 e. The first kappa shape index (κ1) is 20.3. The van der Waals surface area contributed by atoms with Crippen molar-refractivity contribution >= 4 is 15.9 Å². The zero-order valence-electron chi connectivity index (χ0n) is 16.2. The molecule has 0 unspecified atom stereocenters. The van der Waals surface area contributed by atoms with E-state index in [1.807, 2.05) is 24.3 Å². The monoisotopic (exact) mass is 408 g/mol. The molecule has 152 valence electrons. The Labute approximate surface area is 164 Å². The Morgan fingerprint density at radius 1 is 1.32 bits per heavy atom. The van der Waals surface area contributed by atoms with Crippen LogP contribution in [0.5, 0.6) is 5.75 Å². The van der Waals surface area contributed by atoms with Crippen molar-refractivity contribution in [2.24, 2.45) is 0 Å². The van der Waals surface area contributed by atoms with Crippen LogP contribution in [0.4, 0.5) is 0 Å². The molecule has 1 aromatic carbocycles. The SMILES string of the molecule is COc1ccc(CC(=O)N2CC(N(CCc3noc(C)n3)S(C)(=O)=O)C2)cc1. The zero-order chi connectivity index (χ0) is 20.3. The van der Waals surface area contributed by atoms with Crippen LogP contribution in [0.1, 0.15) is 17.3 Å². The lowest BCUT2D eigenvalue weighted by Crippen LogP contribution is -2.62. The van der Waals surface area contributed by atoms with Crippen molar-refractivity contribution in [3.8, 4) is 5.75 Å². The van der Waals surface area contributed by atoms with Gasteiger partial charge in [-0.15, -0.1) is 0 Å². The van der Waals surface area contributed by atoms with Crippen molar-refractivity contribution in [1.82, 2.24) is 19.3 Å². The lowest BCUT2D eigenvalue weighted by molar-refractivity contribution is -0.136. The van der Waals surface area contributed by atoms with Gasteiger partial charge in [-0.05, 0) is 17.7 Å². The van der Waals surface area contributed by atoms with Gasteiger partial charge in [-0.3, -0.25) is 4.79 Å². The number of sulfonamides is 1. The van der Waals surface area contributed by atoms with E-state index in [1.165, 1.54) is 10.6 Å². The van der Waals surface area contributed by atoms with E-state index in [0.29, 0.717) is 31.2 Å². The molecule has 1 aliphatic heterocycles. The van der Waals surface area contributed by atoms with Crippen molar-refractivity contribution in [2.75, 3.05) is 33.0 Å². The summed E-state index contributed by atoms with van der Waals surface area (Å²) in [5.41, 5.74) is 0.890. The molecular formula is C18H24N4O5S. The summed E-state index contributed by atoms with van der Waals surface area (Å²) >= 11 is 0. The number of rotatable bonds is 8. The second-order valence-corrected chi connectivity index (χ2v) is 8.77. The number of benzene rings is 1. The molecule has 0 bridgehead atoms. The molecule has 0 radical (unpaired) electrons. The van der Waals surface area contributed by atoms with E-state index in [2.05, 4.69) is 10.1 Å². The standard InChI is InChI=1S/C18H24N4O5S/c1-13-19-17(20-27-13)8-9-22(28(3,24)25)15-11-21(12-15)18(23)10-14-4-6-16(26-2)7-5-14/h4-7,15H,8-12H2,1-3H3. The molecule has 1 aromatic heterocycles. The van der Waals surface area contributed by atoms with E-state index < -0.39 is 10.0 Å². The highest BCUT2D eigenvalue weighted by Gasteiger charge is 2.38. The molecule has 1 saturated heterocycles. The highest BCUT2D eigenvalue weighted by Crippen LogP contribution is 2.20. The molecule has 0 atom stereocenters. The first-order valence-corrected chi connectivity index (χ1v) is 10.8. The summed E-state index contributed by atoms with van der Waals surface area (Å²) in [4.78, 5) is 18.2. The Bertz CT molecular complexity index is 920. The van der Waals surface area contributed by atoms with Crippen LogP contribution in [-0.2, 0) is 27.7 Å². The summed E-state index contributed by atoms with van der Waals surface area (Å²) in [6, 6.07) is 7.09. The summed E-state index contributed by atoms with van der Waals surface area (Å²) in [5, 5.41) is 3.79. The molecule has 9 nitrogen and oxygen atoms in total. The molecule has 3 rings (SSSR count). The number of aryl methyl sites for hydroxylation is 1. The van der Waals surface area contributed by atoms with E-state index in [0.717, 1.165) is 11.3 Å². The highest BCUT2D eigenvalue weighted by molar-refractivity contribution is 7.88. The Balaban J connectivity index is 1.54. The van der Waals surface area contributed by atoms with Gasteiger partial charge in [-0.2, -0.15) is 9.29 Å². The third-order valence-electron chi connectivity index (χ3n) is 4.69. The zero-order valence-corrected chi connectivity index (χ0v) is 17.0. The number of amides is 1. The van der Waals surface area contributed by atoms with Gasteiger partial charge in [0.15, 0.2) is 5.82 Å². The molecule has 0 aliphatic carbocycles. The fourth-order valence-electron chi connectivity index (χ4n) is 3.14. The van der Waals surface area contributed by atoms with E-state index >= 15 is 0 Å². The number of aromatic nitrogens is 2. The summed E-state index contributed by atoms with van der Waals surface area (Å²) in [6.45, 7) is 2.70. The average Bonchev–Trinajstić information content (AvgIpc) is 3.01. The molecule has 1 fully saturated rings. The van der Waals surface area contributed by atoms with Crippen molar-refractivity contribution in [2.45, 2.75) is 25.8 Å². The van der Waals surface area contributed by atoms with E-state index in [1.54, 1.807) is 18.9 Å². The Hall–Kier alpha value is -2.46. The smallest absolute Gasteiger partial charge is 0.227 e. The summed E-state index contributed by atoms with van der Waals surface area (Å²) in [7, 11) is -1.82. The number of hydrogen-bond donors (Lipinski definition) is 0. The maximum absolute atomic E-state index is 12.4. The third kappa shape index (κ3) is 4.87. The number of ether oxygens (including phenoxy) is 1. The predicted molar refractivity (Wildman–Crippen MR) is 101 cm³/mol. The number of likely N-dealkylation sites (tertiary alicyclic amines) is 1. The predicted octanol–water partition coefficient (Wildman–Crippen LogP) is 0.644. The summed E-state index contributed by atoms with van der Waals surface area (Å²) < 4.78 is 35.8. The van der Waals surface area contributed by atoms with Crippen molar-refractivity contribution in [3.05, 3.63) is 41.5 Å². The Kier molecular flexibility index (Phi) is 5.99. The number of hydrogen-bond acceptors (Lipinski definition) is 7. The minimum Gasteiger partial charge on any atom is -0.497 e. The Morgan fingerprint density at radius 2 is 2.00 bits per heavy atom. The molecule has 2 aromatic rings.